The van der Waals surface area contributed by atoms with E-state index in [1.165, 1.54) is 9.13 Å². The monoisotopic (exact) mass is 398 g/mol. The Kier molecular flexibility index (Phi) is 5.27. The zero-order valence-electron chi connectivity index (χ0n) is 16.8. The van der Waals surface area contributed by atoms with Gasteiger partial charge in [0.25, 0.3) is 11.6 Å². The van der Waals surface area contributed by atoms with Gasteiger partial charge in [0.1, 0.15) is 6.10 Å². The fourth-order valence-corrected chi connectivity index (χ4v) is 3.53. The van der Waals surface area contributed by atoms with E-state index < -0.39 is 11.2 Å². The minimum absolute atomic E-state index is 0.0910. The molecule has 0 radical (unpaired) electrons. The van der Waals surface area contributed by atoms with Crippen molar-refractivity contribution in [3.05, 3.63) is 56.2 Å². The number of aliphatic hydroxyl groups is 1. The molecule has 2 heterocycles. The first-order chi connectivity index (χ1) is 14.0. The lowest BCUT2D eigenvalue weighted by atomic mass is 9.96. The predicted molar refractivity (Wildman–Crippen MR) is 109 cm³/mol. The minimum Gasteiger partial charge on any atom is -0.461 e. The first-order valence-corrected chi connectivity index (χ1v) is 10.0. The van der Waals surface area contributed by atoms with Crippen LogP contribution in [0.4, 0.5) is 0 Å². The van der Waals surface area contributed by atoms with Gasteiger partial charge in [-0.05, 0) is 38.2 Å². The fraction of sp³-hybridized carbons (Fsp3) is 0.476. The van der Waals surface area contributed by atoms with Crippen LogP contribution in [0.25, 0.3) is 11.2 Å². The summed E-state index contributed by atoms with van der Waals surface area (Å²) >= 11 is 0. The maximum atomic E-state index is 13.2. The second-order valence-electron chi connectivity index (χ2n) is 7.68. The van der Waals surface area contributed by atoms with Crippen LogP contribution in [0.15, 0.2) is 33.9 Å². The molecule has 2 aromatic heterocycles. The second kappa shape index (κ2) is 7.87. The molecule has 1 aliphatic carbocycles. The molecule has 1 saturated carbocycles. The van der Waals surface area contributed by atoms with Crippen LogP contribution in [0.1, 0.15) is 36.8 Å². The Morgan fingerprint density at radius 3 is 2.52 bits per heavy atom. The van der Waals surface area contributed by atoms with Gasteiger partial charge in [0, 0.05) is 20.2 Å². The number of hydrogen-bond donors (Lipinski definition) is 1. The first kappa shape index (κ1) is 19.4. The molecule has 0 aliphatic heterocycles. The van der Waals surface area contributed by atoms with Crippen molar-refractivity contribution < 1.29 is 9.84 Å². The number of hydrogen-bond acceptors (Lipinski definition) is 5. The Bertz CT molecular complexity index is 1140. The number of aliphatic hydroxyl groups excluding tert-OH is 1. The first-order valence-electron chi connectivity index (χ1n) is 10.0. The highest BCUT2D eigenvalue weighted by Gasteiger charge is 2.26. The normalized spacial score (nSPS) is 14.3. The van der Waals surface area contributed by atoms with Gasteiger partial charge in [-0.2, -0.15) is 4.98 Å². The molecule has 1 aromatic carbocycles. The van der Waals surface area contributed by atoms with E-state index in [1.54, 1.807) is 11.6 Å². The summed E-state index contributed by atoms with van der Waals surface area (Å²) < 4.78 is 10.4. The molecular formula is C21H26N4O4. The third kappa shape index (κ3) is 3.60. The zero-order chi connectivity index (χ0) is 20.5. The van der Waals surface area contributed by atoms with E-state index in [2.05, 4.69) is 4.98 Å². The van der Waals surface area contributed by atoms with Crippen molar-refractivity contribution in [1.82, 2.24) is 18.7 Å². The van der Waals surface area contributed by atoms with Crippen molar-refractivity contribution in [2.24, 2.45) is 7.05 Å². The van der Waals surface area contributed by atoms with E-state index in [9.17, 15) is 9.59 Å². The van der Waals surface area contributed by atoms with E-state index in [4.69, 9.17) is 9.84 Å². The van der Waals surface area contributed by atoms with Gasteiger partial charge in [0.05, 0.1) is 6.54 Å². The Hall–Kier alpha value is -2.87. The van der Waals surface area contributed by atoms with Gasteiger partial charge >= 0.3 is 5.69 Å². The zero-order valence-corrected chi connectivity index (χ0v) is 16.8. The number of fused-ring (bicyclic) bond motifs is 1. The fourth-order valence-electron chi connectivity index (χ4n) is 3.53. The summed E-state index contributed by atoms with van der Waals surface area (Å²) in [6.07, 6.45) is 3.48. The van der Waals surface area contributed by atoms with Gasteiger partial charge < -0.3 is 9.84 Å². The number of nitrogens with zero attached hydrogens (tertiary/aromatic N) is 4. The Labute approximate surface area is 168 Å². The highest BCUT2D eigenvalue weighted by molar-refractivity contribution is 5.72. The van der Waals surface area contributed by atoms with E-state index in [1.807, 2.05) is 31.2 Å². The number of benzene rings is 1. The van der Waals surface area contributed by atoms with Crippen LogP contribution in [0, 0.1) is 6.92 Å². The molecule has 1 fully saturated rings. The molecule has 0 saturated heterocycles. The molecule has 8 heteroatoms. The minimum atomic E-state index is -0.439. The average Bonchev–Trinajstić information content (AvgIpc) is 3.03. The SMILES string of the molecule is Cc1ccc(Cn2c(OC3CCC3)nc3c2c(=O)n(CCCO)c(=O)n3C)cc1. The number of aromatic nitrogens is 4. The standard InChI is InChI=1S/C21H26N4O4/c1-14-7-9-15(10-8-14)13-25-17-18(22-20(25)29-16-5-3-6-16)23(2)21(28)24(19(17)27)11-4-12-26/h7-10,16,26H,3-6,11-13H2,1-2H3. The van der Waals surface area contributed by atoms with E-state index >= 15 is 0 Å². The number of ether oxygens (including phenoxy) is 1. The van der Waals surface area contributed by atoms with Gasteiger partial charge in [0.15, 0.2) is 11.2 Å². The summed E-state index contributed by atoms with van der Waals surface area (Å²) in [6.45, 7) is 2.52. The summed E-state index contributed by atoms with van der Waals surface area (Å²) in [5, 5.41) is 9.14. The Morgan fingerprint density at radius 2 is 1.90 bits per heavy atom. The molecule has 0 spiro atoms. The molecular weight excluding hydrogens is 372 g/mol. The molecule has 1 aliphatic rings. The van der Waals surface area contributed by atoms with Crippen LogP contribution in [0.3, 0.4) is 0 Å². The largest absolute Gasteiger partial charge is 0.461 e. The van der Waals surface area contributed by atoms with Crippen molar-refractivity contribution in [2.45, 2.75) is 51.8 Å². The second-order valence-corrected chi connectivity index (χ2v) is 7.68. The summed E-state index contributed by atoms with van der Waals surface area (Å²) in [5.74, 6) is 0. The summed E-state index contributed by atoms with van der Waals surface area (Å²) in [6, 6.07) is 8.45. The van der Waals surface area contributed by atoms with Crippen LogP contribution in [0.5, 0.6) is 6.01 Å². The highest BCUT2D eigenvalue weighted by atomic mass is 16.5. The molecule has 29 heavy (non-hydrogen) atoms. The summed E-state index contributed by atoms with van der Waals surface area (Å²) in [5.41, 5.74) is 2.00. The Morgan fingerprint density at radius 1 is 1.17 bits per heavy atom. The third-order valence-electron chi connectivity index (χ3n) is 5.52. The van der Waals surface area contributed by atoms with Crippen LogP contribution >= 0.6 is 0 Å². The summed E-state index contributed by atoms with van der Waals surface area (Å²) in [4.78, 5) is 30.4. The Balaban J connectivity index is 1.89. The smallest absolute Gasteiger partial charge is 0.332 e. The van der Waals surface area contributed by atoms with Crippen molar-refractivity contribution >= 4 is 11.2 Å². The van der Waals surface area contributed by atoms with Crippen LogP contribution in [-0.4, -0.2) is 36.5 Å². The van der Waals surface area contributed by atoms with E-state index in [0.717, 1.165) is 30.4 Å². The molecule has 0 amide bonds. The maximum absolute atomic E-state index is 13.2. The predicted octanol–water partition coefficient (Wildman–Crippen LogP) is 1.57. The molecule has 0 atom stereocenters. The highest BCUT2D eigenvalue weighted by Crippen LogP contribution is 2.27. The molecule has 154 valence electrons. The molecule has 3 aromatic rings. The molecule has 8 nitrogen and oxygen atoms in total. The molecule has 0 unspecified atom stereocenters. The number of aryl methyl sites for hydroxylation is 2. The lowest BCUT2D eigenvalue weighted by Crippen LogP contribution is -2.40. The quantitative estimate of drug-likeness (QED) is 0.652. The van der Waals surface area contributed by atoms with Gasteiger partial charge in [-0.3, -0.25) is 18.5 Å². The van der Waals surface area contributed by atoms with Crippen molar-refractivity contribution in [2.75, 3.05) is 6.61 Å². The van der Waals surface area contributed by atoms with Gasteiger partial charge in [-0.25, -0.2) is 4.79 Å². The lowest BCUT2D eigenvalue weighted by molar-refractivity contribution is 0.104. The van der Waals surface area contributed by atoms with Gasteiger partial charge in [-0.1, -0.05) is 29.8 Å². The van der Waals surface area contributed by atoms with Crippen molar-refractivity contribution in [3.63, 3.8) is 0 Å². The molecule has 1 N–H and O–H groups in total. The lowest BCUT2D eigenvalue weighted by Gasteiger charge is -2.25. The van der Waals surface area contributed by atoms with Gasteiger partial charge in [-0.15, -0.1) is 0 Å². The average molecular weight is 398 g/mol. The van der Waals surface area contributed by atoms with Crippen LogP contribution < -0.4 is 16.0 Å². The van der Waals surface area contributed by atoms with Crippen molar-refractivity contribution in [3.8, 4) is 6.01 Å². The molecule has 0 bridgehead atoms. The maximum Gasteiger partial charge on any atom is 0.332 e. The number of rotatable bonds is 7. The van der Waals surface area contributed by atoms with E-state index in [0.29, 0.717) is 30.1 Å². The van der Waals surface area contributed by atoms with E-state index in [-0.39, 0.29) is 19.3 Å². The molecule has 4 rings (SSSR count). The third-order valence-corrected chi connectivity index (χ3v) is 5.52. The summed E-state index contributed by atoms with van der Waals surface area (Å²) in [7, 11) is 1.61. The topological polar surface area (TPSA) is 91.3 Å². The van der Waals surface area contributed by atoms with Crippen LogP contribution in [-0.2, 0) is 20.1 Å². The van der Waals surface area contributed by atoms with Crippen LogP contribution in [0.2, 0.25) is 0 Å². The van der Waals surface area contributed by atoms with Crippen molar-refractivity contribution in [1.29, 1.82) is 0 Å². The number of imidazole rings is 1. The van der Waals surface area contributed by atoms with Gasteiger partial charge in [0.2, 0.25) is 0 Å².